The standard InChI is InChI=1S/C18H32N4O4/c1-4-6-18(2,16-25-11-12-26-16)7-5-8-19-17(23)21-15-13-20-22(14-15)9-10-24-3/h13-14,16H,4-12H2,1-3H3,(H2,19,21,23)/t18-/m1/s1. The Labute approximate surface area is 155 Å². The highest BCUT2D eigenvalue weighted by molar-refractivity contribution is 5.88. The number of rotatable bonds is 11. The third-order valence-corrected chi connectivity index (χ3v) is 4.64. The summed E-state index contributed by atoms with van der Waals surface area (Å²) in [6, 6.07) is -0.221. The van der Waals surface area contributed by atoms with E-state index in [9.17, 15) is 4.79 Å². The van der Waals surface area contributed by atoms with E-state index in [1.54, 1.807) is 24.2 Å². The molecule has 8 nitrogen and oxygen atoms in total. The summed E-state index contributed by atoms with van der Waals surface area (Å²) in [5.74, 6) is 0. The minimum atomic E-state index is -0.221. The molecular formula is C18H32N4O4. The van der Waals surface area contributed by atoms with Gasteiger partial charge in [0.15, 0.2) is 6.29 Å². The number of urea groups is 1. The summed E-state index contributed by atoms with van der Waals surface area (Å²) < 4.78 is 18.2. The molecule has 0 unspecified atom stereocenters. The van der Waals surface area contributed by atoms with E-state index in [-0.39, 0.29) is 17.7 Å². The van der Waals surface area contributed by atoms with Gasteiger partial charge in [-0.2, -0.15) is 5.10 Å². The number of carbonyl (C=O) groups is 1. The molecule has 1 saturated heterocycles. The van der Waals surface area contributed by atoms with Gasteiger partial charge in [0.25, 0.3) is 0 Å². The Hall–Kier alpha value is -1.64. The third kappa shape index (κ3) is 6.26. The largest absolute Gasteiger partial charge is 0.383 e. The molecule has 0 aromatic carbocycles. The summed E-state index contributed by atoms with van der Waals surface area (Å²) in [5, 5.41) is 9.85. The molecule has 2 amide bonds. The summed E-state index contributed by atoms with van der Waals surface area (Å²) >= 11 is 0. The van der Waals surface area contributed by atoms with Gasteiger partial charge >= 0.3 is 6.03 Å². The summed E-state index contributed by atoms with van der Waals surface area (Å²) in [7, 11) is 1.65. The van der Waals surface area contributed by atoms with Crippen LogP contribution in [0.3, 0.4) is 0 Å². The van der Waals surface area contributed by atoms with Crippen LogP contribution in [0.2, 0.25) is 0 Å². The maximum absolute atomic E-state index is 12.0. The molecule has 2 N–H and O–H groups in total. The number of methoxy groups -OCH3 is 1. The molecule has 0 bridgehead atoms. The zero-order chi connectivity index (χ0) is 18.8. The summed E-state index contributed by atoms with van der Waals surface area (Å²) in [5.41, 5.74) is 0.661. The molecule has 1 fully saturated rings. The smallest absolute Gasteiger partial charge is 0.319 e. The van der Waals surface area contributed by atoms with Crippen molar-refractivity contribution >= 4 is 11.7 Å². The number of aromatic nitrogens is 2. The topological polar surface area (TPSA) is 86.6 Å². The van der Waals surface area contributed by atoms with E-state index in [2.05, 4.69) is 29.6 Å². The number of anilines is 1. The summed E-state index contributed by atoms with van der Waals surface area (Å²) in [6.07, 6.45) is 7.23. The minimum Gasteiger partial charge on any atom is -0.383 e. The highest BCUT2D eigenvalue weighted by atomic mass is 16.7. The van der Waals surface area contributed by atoms with E-state index in [4.69, 9.17) is 14.2 Å². The number of hydrogen-bond acceptors (Lipinski definition) is 5. The van der Waals surface area contributed by atoms with Crippen LogP contribution in [-0.2, 0) is 20.8 Å². The lowest BCUT2D eigenvalue weighted by atomic mass is 9.80. The molecule has 1 aromatic rings. The quantitative estimate of drug-likeness (QED) is 0.586. The Balaban J connectivity index is 1.69. The van der Waals surface area contributed by atoms with Gasteiger partial charge in [-0.05, 0) is 19.3 Å². The Bertz CT molecular complexity index is 545. The first kappa shape index (κ1) is 20.7. The van der Waals surface area contributed by atoms with E-state index in [1.807, 2.05) is 0 Å². The Morgan fingerprint density at radius 1 is 1.42 bits per heavy atom. The molecule has 2 rings (SSSR count). The lowest BCUT2D eigenvalue weighted by Crippen LogP contribution is -2.35. The van der Waals surface area contributed by atoms with Gasteiger partial charge in [-0.3, -0.25) is 4.68 Å². The van der Waals surface area contributed by atoms with E-state index < -0.39 is 0 Å². The number of hydrogen-bond donors (Lipinski definition) is 2. The van der Waals surface area contributed by atoms with Crippen LogP contribution in [0.4, 0.5) is 10.5 Å². The molecule has 0 aliphatic carbocycles. The monoisotopic (exact) mass is 368 g/mol. The first-order chi connectivity index (χ1) is 12.6. The Morgan fingerprint density at radius 3 is 2.88 bits per heavy atom. The molecule has 8 heteroatoms. The van der Waals surface area contributed by atoms with Crippen LogP contribution >= 0.6 is 0 Å². The molecule has 0 radical (unpaired) electrons. The van der Waals surface area contributed by atoms with Crippen LogP contribution in [0.25, 0.3) is 0 Å². The van der Waals surface area contributed by atoms with Gasteiger partial charge in [0.2, 0.25) is 0 Å². The minimum absolute atomic E-state index is 0.00804. The molecule has 2 heterocycles. The average Bonchev–Trinajstić information content (AvgIpc) is 3.29. The molecule has 1 atom stereocenters. The second kappa shape index (κ2) is 10.5. The first-order valence-electron chi connectivity index (χ1n) is 9.37. The normalized spacial score (nSPS) is 17.2. The fourth-order valence-electron chi connectivity index (χ4n) is 3.30. The first-order valence-corrected chi connectivity index (χ1v) is 9.37. The van der Waals surface area contributed by atoms with E-state index >= 15 is 0 Å². The zero-order valence-corrected chi connectivity index (χ0v) is 16.1. The van der Waals surface area contributed by atoms with Gasteiger partial charge in [-0.1, -0.05) is 20.3 Å². The van der Waals surface area contributed by atoms with Crippen molar-refractivity contribution in [2.24, 2.45) is 5.41 Å². The second-order valence-electron chi connectivity index (χ2n) is 6.95. The van der Waals surface area contributed by atoms with Crippen LogP contribution in [0, 0.1) is 5.41 Å². The van der Waals surface area contributed by atoms with Gasteiger partial charge in [0.1, 0.15) is 0 Å². The number of nitrogens with zero attached hydrogens (tertiary/aromatic N) is 2. The maximum Gasteiger partial charge on any atom is 0.319 e. The Kier molecular flexibility index (Phi) is 8.34. The molecule has 0 spiro atoms. The van der Waals surface area contributed by atoms with Crippen LogP contribution < -0.4 is 10.6 Å². The number of carbonyl (C=O) groups excluding carboxylic acids is 1. The van der Waals surface area contributed by atoms with Crippen molar-refractivity contribution in [2.75, 3.05) is 38.8 Å². The van der Waals surface area contributed by atoms with Crippen molar-refractivity contribution in [3.8, 4) is 0 Å². The van der Waals surface area contributed by atoms with E-state index in [0.29, 0.717) is 38.6 Å². The van der Waals surface area contributed by atoms with Crippen molar-refractivity contribution in [1.29, 1.82) is 0 Å². The Morgan fingerprint density at radius 2 is 2.19 bits per heavy atom. The predicted octanol–water partition coefficient (Wildman–Crippen LogP) is 2.61. The van der Waals surface area contributed by atoms with Crippen molar-refractivity contribution in [3.63, 3.8) is 0 Å². The highest BCUT2D eigenvalue weighted by Crippen LogP contribution is 2.37. The predicted molar refractivity (Wildman–Crippen MR) is 99.1 cm³/mol. The van der Waals surface area contributed by atoms with Gasteiger partial charge in [-0.15, -0.1) is 0 Å². The number of nitrogens with one attached hydrogen (secondary N) is 2. The third-order valence-electron chi connectivity index (χ3n) is 4.64. The van der Waals surface area contributed by atoms with Crippen LogP contribution in [-0.4, -0.2) is 55.6 Å². The number of amides is 2. The molecule has 0 saturated carbocycles. The SMILES string of the molecule is CCC[C@](C)(CCCNC(=O)Nc1cnn(CCOC)c1)C1OCCO1. The molecule has 1 aromatic heterocycles. The zero-order valence-electron chi connectivity index (χ0n) is 16.1. The van der Waals surface area contributed by atoms with Crippen molar-refractivity contribution in [1.82, 2.24) is 15.1 Å². The average molecular weight is 368 g/mol. The molecule has 26 heavy (non-hydrogen) atoms. The highest BCUT2D eigenvalue weighted by Gasteiger charge is 2.37. The number of ether oxygens (including phenoxy) is 3. The van der Waals surface area contributed by atoms with Gasteiger partial charge in [0.05, 0.1) is 38.2 Å². The van der Waals surface area contributed by atoms with Gasteiger partial charge < -0.3 is 24.8 Å². The lowest BCUT2D eigenvalue weighted by molar-refractivity contribution is -0.133. The second-order valence-corrected chi connectivity index (χ2v) is 6.95. The molecular weight excluding hydrogens is 336 g/mol. The van der Waals surface area contributed by atoms with Gasteiger partial charge in [0, 0.05) is 25.3 Å². The fraction of sp³-hybridized carbons (Fsp3) is 0.778. The van der Waals surface area contributed by atoms with E-state index in [1.165, 1.54) is 0 Å². The van der Waals surface area contributed by atoms with Crippen LogP contribution in [0.5, 0.6) is 0 Å². The van der Waals surface area contributed by atoms with Gasteiger partial charge in [-0.25, -0.2) is 4.79 Å². The molecule has 1 aliphatic rings. The molecule has 1 aliphatic heterocycles. The summed E-state index contributed by atoms with van der Waals surface area (Å²) in [6.45, 7) is 7.56. The van der Waals surface area contributed by atoms with E-state index in [0.717, 1.165) is 25.7 Å². The van der Waals surface area contributed by atoms with Crippen molar-refractivity contribution in [3.05, 3.63) is 12.4 Å². The summed E-state index contributed by atoms with van der Waals surface area (Å²) in [4.78, 5) is 12.0. The maximum atomic E-state index is 12.0. The van der Waals surface area contributed by atoms with Crippen molar-refractivity contribution < 1.29 is 19.0 Å². The lowest BCUT2D eigenvalue weighted by Gasteiger charge is -2.33. The van der Waals surface area contributed by atoms with Crippen LogP contribution in [0.1, 0.15) is 39.5 Å². The molecule has 148 valence electrons. The van der Waals surface area contributed by atoms with Crippen LogP contribution in [0.15, 0.2) is 12.4 Å². The van der Waals surface area contributed by atoms with Crippen molar-refractivity contribution in [2.45, 2.75) is 52.4 Å². The fourth-order valence-corrected chi connectivity index (χ4v) is 3.30.